The van der Waals surface area contributed by atoms with Crippen LogP contribution in [0, 0.1) is 6.92 Å². The molecule has 3 rings (SSSR count). The highest BCUT2D eigenvalue weighted by molar-refractivity contribution is 7.91. The topological polar surface area (TPSA) is 49.4 Å². The van der Waals surface area contributed by atoms with Crippen LogP contribution < -0.4 is 5.32 Å². The fourth-order valence-corrected chi connectivity index (χ4v) is 4.24. The van der Waals surface area contributed by atoms with Gasteiger partial charge in [0, 0.05) is 32.2 Å². The largest absolute Gasteiger partial charge is 0.314 e. The van der Waals surface area contributed by atoms with Gasteiger partial charge in [0.1, 0.15) is 0 Å². The molecule has 4 nitrogen and oxygen atoms in total. The van der Waals surface area contributed by atoms with Gasteiger partial charge < -0.3 is 5.32 Å². The second kappa shape index (κ2) is 8.32. The summed E-state index contributed by atoms with van der Waals surface area (Å²) in [6, 6.07) is 14.8. The van der Waals surface area contributed by atoms with Gasteiger partial charge in [-0.25, -0.2) is 8.42 Å². The number of nitrogens with zero attached hydrogens (tertiary/aromatic N) is 1. The monoisotopic (exact) mass is 380 g/mol. The molecular weight excluding hydrogens is 356 g/mol. The number of nitrogens with one attached hydrogen (secondary N) is 1. The van der Waals surface area contributed by atoms with Crippen LogP contribution >= 0.6 is 12.4 Å². The maximum atomic E-state index is 12.7. The maximum Gasteiger partial charge on any atom is 0.206 e. The molecule has 0 spiro atoms. The van der Waals surface area contributed by atoms with E-state index in [9.17, 15) is 8.42 Å². The van der Waals surface area contributed by atoms with E-state index in [0.717, 1.165) is 37.3 Å². The van der Waals surface area contributed by atoms with Crippen molar-refractivity contribution in [2.24, 2.45) is 0 Å². The lowest BCUT2D eigenvalue weighted by Crippen LogP contribution is -2.49. The van der Waals surface area contributed by atoms with E-state index >= 15 is 0 Å². The predicted molar refractivity (Wildman–Crippen MR) is 103 cm³/mol. The molecule has 0 bridgehead atoms. The number of benzene rings is 2. The summed E-state index contributed by atoms with van der Waals surface area (Å²) in [6.07, 6.45) is 0. The third-order valence-electron chi connectivity index (χ3n) is 4.59. The van der Waals surface area contributed by atoms with Crippen LogP contribution in [-0.2, 0) is 16.4 Å². The zero-order valence-corrected chi connectivity index (χ0v) is 16.2. The summed E-state index contributed by atoms with van der Waals surface area (Å²) in [5.41, 5.74) is 2.20. The summed E-state index contributed by atoms with van der Waals surface area (Å²) in [4.78, 5) is 3.11. The number of sulfone groups is 1. The molecule has 25 heavy (non-hydrogen) atoms. The van der Waals surface area contributed by atoms with Gasteiger partial charge in [0.25, 0.3) is 0 Å². The third kappa shape index (κ3) is 4.61. The van der Waals surface area contributed by atoms with E-state index in [1.807, 2.05) is 31.2 Å². The Morgan fingerprint density at radius 1 is 1.04 bits per heavy atom. The second-order valence-electron chi connectivity index (χ2n) is 6.48. The van der Waals surface area contributed by atoms with Crippen LogP contribution in [-0.4, -0.2) is 39.0 Å². The van der Waals surface area contributed by atoms with Crippen molar-refractivity contribution in [1.29, 1.82) is 0 Å². The summed E-state index contributed by atoms with van der Waals surface area (Å²) in [5, 5.41) is 3.38. The highest BCUT2D eigenvalue weighted by Gasteiger charge is 2.19. The van der Waals surface area contributed by atoms with Crippen LogP contribution in [0.1, 0.15) is 18.1 Å². The first kappa shape index (κ1) is 19.9. The molecule has 1 saturated heterocycles. The number of hydrogen-bond acceptors (Lipinski definition) is 4. The highest BCUT2D eigenvalue weighted by Crippen LogP contribution is 2.22. The van der Waals surface area contributed by atoms with Gasteiger partial charge in [0.15, 0.2) is 0 Å². The van der Waals surface area contributed by atoms with Gasteiger partial charge in [0.05, 0.1) is 9.79 Å². The van der Waals surface area contributed by atoms with Crippen LogP contribution in [0.3, 0.4) is 0 Å². The summed E-state index contributed by atoms with van der Waals surface area (Å²) in [6.45, 7) is 8.03. The summed E-state index contributed by atoms with van der Waals surface area (Å²) < 4.78 is 25.4. The highest BCUT2D eigenvalue weighted by atomic mass is 35.5. The lowest BCUT2D eigenvalue weighted by molar-refractivity contribution is 0.165. The molecule has 0 amide bonds. The van der Waals surface area contributed by atoms with Crippen molar-refractivity contribution in [3.05, 3.63) is 59.7 Å². The van der Waals surface area contributed by atoms with E-state index in [0.29, 0.717) is 15.8 Å². The Labute approximate surface area is 156 Å². The standard InChI is InChI=1S/C19H24N2O2S.ClH/c1-15-3-7-18(8-4-15)24(22,23)19-9-5-17(6-10-19)14-21-12-11-20-13-16(21)2;/h3-10,16,20H,11-14H2,1-2H3;1H/t16-;/m0./s1. The SMILES string of the molecule is Cc1ccc(S(=O)(=O)c2ccc(CN3CCNC[C@@H]3C)cc2)cc1.Cl. The number of halogens is 1. The van der Waals surface area contributed by atoms with Crippen molar-refractivity contribution in [1.82, 2.24) is 10.2 Å². The summed E-state index contributed by atoms with van der Waals surface area (Å²) in [5.74, 6) is 0. The van der Waals surface area contributed by atoms with E-state index in [1.54, 1.807) is 24.3 Å². The minimum absolute atomic E-state index is 0. The van der Waals surface area contributed by atoms with E-state index in [4.69, 9.17) is 0 Å². The van der Waals surface area contributed by atoms with Crippen molar-refractivity contribution in [3.63, 3.8) is 0 Å². The molecule has 136 valence electrons. The molecule has 6 heteroatoms. The molecule has 0 saturated carbocycles. The molecule has 1 atom stereocenters. The van der Waals surface area contributed by atoms with Crippen LogP contribution in [0.5, 0.6) is 0 Å². The molecule has 1 N–H and O–H groups in total. The van der Waals surface area contributed by atoms with Crippen molar-refractivity contribution in [3.8, 4) is 0 Å². The predicted octanol–water partition coefficient (Wildman–Crippen LogP) is 3.04. The van der Waals surface area contributed by atoms with Gasteiger partial charge in [-0.1, -0.05) is 29.8 Å². The van der Waals surface area contributed by atoms with Gasteiger partial charge in [-0.05, 0) is 43.7 Å². The quantitative estimate of drug-likeness (QED) is 0.885. The molecule has 2 aromatic rings. The van der Waals surface area contributed by atoms with Gasteiger partial charge in [-0.3, -0.25) is 4.90 Å². The average Bonchev–Trinajstić information content (AvgIpc) is 2.58. The molecule has 0 radical (unpaired) electrons. The van der Waals surface area contributed by atoms with Crippen LogP contribution in [0.4, 0.5) is 0 Å². The molecule has 1 aliphatic rings. The fraction of sp³-hybridized carbons (Fsp3) is 0.368. The van der Waals surface area contributed by atoms with Crippen molar-refractivity contribution in [2.75, 3.05) is 19.6 Å². The zero-order valence-electron chi connectivity index (χ0n) is 14.6. The average molecular weight is 381 g/mol. The van der Waals surface area contributed by atoms with Gasteiger partial charge >= 0.3 is 0 Å². The van der Waals surface area contributed by atoms with E-state index in [2.05, 4.69) is 17.1 Å². The van der Waals surface area contributed by atoms with E-state index in [1.165, 1.54) is 0 Å². The lowest BCUT2D eigenvalue weighted by Gasteiger charge is -2.33. The number of rotatable bonds is 4. The number of hydrogen-bond donors (Lipinski definition) is 1. The summed E-state index contributed by atoms with van der Waals surface area (Å²) in [7, 11) is -3.44. The third-order valence-corrected chi connectivity index (χ3v) is 6.38. The lowest BCUT2D eigenvalue weighted by atomic mass is 10.1. The van der Waals surface area contributed by atoms with Crippen LogP contribution in [0.15, 0.2) is 58.3 Å². The molecule has 0 aromatic heterocycles. The van der Waals surface area contributed by atoms with Gasteiger partial charge in [-0.15, -0.1) is 12.4 Å². The Balaban J connectivity index is 0.00000225. The Bertz CT molecular complexity index is 789. The van der Waals surface area contributed by atoms with Crippen molar-refractivity contribution in [2.45, 2.75) is 36.2 Å². The summed E-state index contributed by atoms with van der Waals surface area (Å²) >= 11 is 0. The molecule has 0 unspecified atom stereocenters. The Kier molecular flexibility index (Phi) is 6.63. The van der Waals surface area contributed by atoms with Gasteiger partial charge in [-0.2, -0.15) is 0 Å². The minimum Gasteiger partial charge on any atom is -0.314 e. The molecule has 1 fully saturated rings. The molecule has 0 aliphatic carbocycles. The first-order chi connectivity index (χ1) is 11.5. The fourth-order valence-electron chi connectivity index (χ4n) is 2.98. The first-order valence-corrected chi connectivity index (χ1v) is 9.80. The first-order valence-electron chi connectivity index (χ1n) is 8.32. The molecular formula is C19H25ClN2O2S. The van der Waals surface area contributed by atoms with Crippen LogP contribution in [0.25, 0.3) is 0 Å². The Hall–Kier alpha value is -1.40. The molecule has 2 aromatic carbocycles. The number of aryl methyl sites for hydroxylation is 1. The maximum absolute atomic E-state index is 12.7. The smallest absolute Gasteiger partial charge is 0.206 e. The normalized spacial score (nSPS) is 18.6. The van der Waals surface area contributed by atoms with E-state index < -0.39 is 9.84 Å². The Morgan fingerprint density at radius 3 is 2.16 bits per heavy atom. The molecule has 1 heterocycles. The zero-order chi connectivity index (χ0) is 17.2. The second-order valence-corrected chi connectivity index (χ2v) is 8.43. The minimum atomic E-state index is -3.44. The van der Waals surface area contributed by atoms with E-state index in [-0.39, 0.29) is 12.4 Å². The van der Waals surface area contributed by atoms with Crippen LogP contribution in [0.2, 0.25) is 0 Å². The molecule has 1 aliphatic heterocycles. The van der Waals surface area contributed by atoms with Crippen molar-refractivity contribution < 1.29 is 8.42 Å². The Morgan fingerprint density at radius 2 is 1.60 bits per heavy atom. The van der Waals surface area contributed by atoms with Crippen molar-refractivity contribution >= 4 is 22.2 Å². The number of piperazine rings is 1. The van der Waals surface area contributed by atoms with Gasteiger partial charge in [0.2, 0.25) is 9.84 Å².